The summed E-state index contributed by atoms with van der Waals surface area (Å²) >= 11 is 1.34. The van der Waals surface area contributed by atoms with Crippen LogP contribution in [0.2, 0.25) is 0 Å². The van der Waals surface area contributed by atoms with Crippen molar-refractivity contribution in [2.45, 2.75) is 11.1 Å². The third-order valence-electron chi connectivity index (χ3n) is 5.17. The zero-order valence-corrected chi connectivity index (χ0v) is 19.0. The molecule has 8 heteroatoms. The molecule has 0 saturated carbocycles. The monoisotopic (exact) mass is 461 g/mol. The first-order valence-corrected chi connectivity index (χ1v) is 11.5. The van der Waals surface area contributed by atoms with E-state index in [0.29, 0.717) is 10.6 Å². The van der Waals surface area contributed by atoms with Crippen molar-refractivity contribution in [3.8, 4) is 5.75 Å². The van der Waals surface area contributed by atoms with Crippen LogP contribution in [0.15, 0.2) is 84.0 Å². The molecule has 0 aliphatic carbocycles. The van der Waals surface area contributed by atoms with E-state index in [4.69, 9.17) is 9.47 Å². The van der Waals surface area contributed by atoms with Crippen LogP contribution < -0.4 is 10.2 Å². The molecule has 1 aliphatic heterocycles. The molecular weight excluding hydrogens is 438 g/mol. The molecule has 0 saturated heterocycles. The van der Waals surface area contributed by atoms with Gasteiger partial charge >= 0.3 is 5.97 Å². The second-order valence-electron chi connectivity index (χ2n) is 7.18. The molecule has 7 nitrogen and oxygen atoms in total. The van der Waals surface area contributed by atoms with E-state index in [1.807, 2.05) is 66.9 Å². The number of ether oxygens (including phenoxy) is 2. The van der Waals surface area contributed by atoms with Crippen LogP contribution in [0.25, 0.3) is 5.70 Å². The second kappa shape index (κ2) is 10.2. The number of aromatic nitrogens is 1. The Morgan fingerprint density at radius 2 is 1.82 bits per heavy atom. The van der Waals surface area contributed by atoms with Gasteiger partial charge in [-0.2, -0.15) is 0 Å². The number of carbonyl (C=O) groups excluding carboxylic acids is 2. The number of pyridine rings is 1. The lowest BCUT2D eigenvalue weighted by Gasteiger charge is -2.25. The zero-order chi connectivity index (χ0) is 23.2. The number of esters is 1. The highest BCUT2D eigenvalue weighted by Gasteiger charge is 2.31. The molecule has 168 valence electrons. The number of amides is 1. The van der Waals surface area contributed by atoms with Crippen molar-refractivity contribution >= 4 is 29.3 Å². The standard InChI is InChI=1S/C25H23N3O4S/c1-31-19-12-10-18(11-13-19)22-15-21(17-7-4-3-5-8-17)27-28(22)23(29)16-32-25(30)20-9-6-14-26-24(20)33-2/h3-15,22,27H,16H2,1-2H3/t22-/m1/s1. The number of hydrogen-bond acceptors (Lipinski definition) is 7. The Labute approximate surface area is 196 Å². The van der Waals surface area contributed by atoms with Crippen molar-refractivity contribution in [1.82, 2.24) is 15.4 Å². The smallest absolute Gasteiger partial charge is 0.341 e. The highest BCUT2D eigenvalue weighted by atomic mass is 32.2. The molecule has 0 radical (unpaired) electrons. The van der Waals surface area contributed by atoms with Gasteiger partial charge in [-0.1, -0.05) is 42.5 Å². The highest BCUT2D eigenvalue weighted by molar-refractivity contribution is 7.98. The van der Waals surface area contributed by atoms with Crippen molar-refractivity contribution in [3.05, 3.63) is 95.7 Å². The molecule has 1 atom stereocenters. The molecule has 4 rings (SSSR count). The minimum atomic E-state index is -0.586. The number of benzene rings is 2. The van der Waals surface area contributed by atoms with E-state index in [-0.39, 0.29) is 11.9 Å². The van der Waals surface area contributed by atoms with E-state index in [9.17, 15) is 9.59 Å². The Morgan fingerprint density at radius 3 is 2.52 bits per heavy atom. The third kappa shape index (κ3) is 5.01. The summed E-state index contributed by atoms with van der Waals surface area (Å²) in [5, 5.41) is 2.04. The van der Waals surface area contributed by atoms with E-state index in [1.165, 1.54) is 16.8 Å². The van der Waals surface area contributed by atoms with Crippen molar-refractivity contribution in [1.29, 1.82) is 0 Å². The average molecular weight is 462 g/mol. The van der Waals surface area contributed by atoms with E-state index >= 15 is 0 Å². The SMILES string of the molecule is COc1ccc([C@H]2C=C(c3ccccc3)NN2C(=O)COC(=O)c2cccnc2SC)cc1. The maximum absolute atomic E-state index is 13.1. The number of carbonyl (C=O) groups is 2. The lowest BCUT2D eigenvalue weighted by molar-refractivity contribution is -0.137. The Bertz CT molecular complexity index is 1170. The summed E-state index contributed by atoms with van der Waals surface area (Å²) in [5.41, 5.74) is 6.15. The first-order chi connectivity index (χ1) is 16.1. The van der Waals surface area contributed by atoms with Crippen LogP contribution in [-0.2, 0) is 9.53 Å². The molecule has 1 aromatic heterocycles. The number of hydrogen-bond donors (Lipinski definition) is 1. The molecule has 2 aromatic carbocycles. The number of thioether (sulfide) groups is 1. The molecule has 0 spiro atoms. The van der Waals surface area contributed by atoms with Crippen molar-refractivity contribution < 1.29 is 19.1 Å². The van der Waals surface area contributed by atoms with E-state index in [0.717, 1.165) is 22.6 Å². The van der Waals surface area contributed by atoms with Gasteiger partial charge in [-0.25, -0.2) is 14.8 Å². The fourth-order valence-corrected chi connectivity index (χ4v) is 4.03. The van der Waals surface area contributed by atoms with Gasteiger partial charge in [-0.05, 0) is 47.7 Å². The number of nitrogens with zero attached hydrogens (tertiary/aromatic N) is 2. The third-order valence-corrected chi connectivity index (χ3v) is 5.88. The Balaban J connectivity index is 1.53. The molecule has 0 bridgehead atoms. The fraction of sp³-hybridized carbons (Fsp3) is 0.160. The predicted octanol–water partition coefficient (Wildman–Crippen LogP) is 4.10. The number of hydrazine groups is 1. The quantitative estimate of drug-likeness (QED) is 0.419. The van der Waals surface area contributed by atoms with E-state index in [2.05, 4.69) is 10.4 Å². The molecule has 33 heavy (non-hydrogen) atoms. The van der Waals surface area contributed by atoms with E-state index < -0.39 is 12.6 Å². The van der Waals surface area contributed by atoms with Gasteiger partial charge in [-0.3, -0.25) is 10.2 Å². The molecule has 3 aromatic rings. The minimum Gasteiger partial charge on any atom is -0.497 e. The van der Waals surface area contributed by atoms with Gasteiger partial charge in [0.2, 0.25) is 0 Å². The first-order valence-electron chi connectivity index (χ1n) is 10.3. The fourth-order valence-electron chi connectivity index (χ4n) is 3.49. The molecular formula is C25H23N3O4S. The Morgan fingerprint density at radius 1 is 1.06 bits per heavy atom. The van der Waals surface area contributed by atoms with Crippen LogP contribution in [-0.4, -0.2) is 41.8 Å². The molecule has 0 unspecified atom stereocenters. The highest BCUT2D eigenvalue weighted by Crippen LogP contribution is 2.32. The second-order valence-corrected chi connectivity index (χ2v) is 7.97. The summed E-state index contributed by atoms with van der Waals surface area (Å²) in [5.74, 6) is -0.233. The van der Waals surface area contributed by atoms with Gasteiger partial charge in [0.1, 0.15) is 10.8 Å². The summed E-state index contributed by atoms with van der Waals surface area (Å²) in [7, 11) is 1.61. The summed E-state index contributed by atoms with van der Waals surface area (Å²) in [6.45, 7) is -0.406. The summed E-state index contributed by atoms with van der Waals surface area (Å²) < 4.78 is 10.6. The molecule has 1 amide bonds. The maximum atomic E-state index is 13.1. The van der Waals surface area contributed by atoms with Gasteiger partial charge in [0, 0.05) is 6.20 Å². The van der Waals surface area contributed by atoms with Crippen LogP contribution in [0.1, 0.15) is 27.5 Å². The van der Waals surface area contributed by atoms with Crippen molar-refractivity contribution in [2.24, 2.45) is 0 Å². The number of rotatable bonds is 7. The number of nitrogens with one attached hydrogen (secondary N) is 1. The van der Waals surface area contributed by atoms with Crippen LogP contribution in [0.5, 0.6) is 5.75 Å². The van der Waals surface area contributed by atoms with Gasteiger partial charge in [0.05, 0.1) is 24.4 Å². The first kappa shape index (κ1) is 22.4. The lowest BCUT2D eigenvalue weighted by Crippen LogP contribution is -2.42. The molecule has 1 N–H and O–H groups in total. The summed E-state index contributed by atoms with van der Waals surface area (Å²) in [4.78, 5) is 29.9. The van der Waals surface area contributed by atoms with Crippen LogP contribution in [0.3, 0.4) is 0 Å². The van der Waals surface area contributed by atoms with Crippen LogP contribution >= 0.6 is 11.8 Å². The molecule has 1 aliphatic rings. The van der Waals surface area contributed by atoms with E-state index in [1.54, 1.807) is 25.4 Å². The normalized spacial score (nSPS) is 14.9. The van der Waals surface area contributed by atoms with Crippen molar-refractivity contribution in [2.75, 3.05) is 20.0 Å². The van der Waals surface area contributed by atoms with Gasteiger partial charge in [0.15, 0.2) is 6.61 Å². The molecule has 0 fully saturated rings. The zero-order valence-electron chi connectivity index (χ0n) is 18.2. The average Bonchev–Trinajstić information content (AvgIpc) is 3.33. The lowest BCUT2D eigenvalue weighted by atomic mass is 10.0. The predicted molar refractivity (Wildman–Crippen MR) is 126 cm³/mol. The van der Waals surface area contributed by atoms with Crippen LogP contribution in [0.4, 0.5) is 0 Å². The largest absolute Gasteiger partial charge is 0.497 e. The van der Waals surface area contributed by atoms with Gasteiger partial charge in [0.25, 0.3) is 5.91 Å². The topological polar surface area (TPSA) is 80.8 Å². The molecule has 2 heterocycles. The summed E-state index contributed by atoms with van der Waals surface area (Å²) in [6.07, 6.45) is 5.41. The van der Waals surface area contributed by atoms with Crippen molar-refractivity contribution in [3.63, 3.8) is 0 Å². The Hall–Kier alpha value is -3.78. The minimum absolute atomic E-state index is 0.335. The van der Waals surface area contributed by atoms with Gasteiger partial charge in [-0.15, -0.1) is 11.8 Å². The number of methoxy groups -OCH3 is 1. The van der Waals surface area contributed by atoms with Crippen LogP contribution in [0, 0.1) is 0 Å². The summed E-state index contributed by atoms with van der Waals surface area (Å²) in [6, 6.07) is 20.1. The Kier molecular flexibility index (Phi) is 6.95. The maximum Gasteiger partial charge on any atom is 0.341 e. The van der Waals surface area contributed by atoms with Gasteiger partial charge < -0.3 is 9.47 Å².